The van der Waals surface area contributed by atoms with Crippen LogP contribution in [0.2, 0.25) is 10.0 Å². The first-order valence-corrected chi connectivity index (χ1v) is 6.20. The second-order valence-electron chi connectivity index (χ2n) is 4.60. The normalized spacial score (nSPS) is 12.7. The Morgan fingerprint density at radius 2 is 2.06 bits per heavy atom. The quantitative estimate of drug-likeness (QED) is 0.920. The third-order valence-corrected chi connectivity index (χ3v) is 3.19. The third kappa shape index (κ3) is 3.38. The van der Waals surface area contributed by atoms with Crippen molar-refractivity contribution in [3.8, 4) is 6.07 Å². The second kappa shape index (κ2) is 5.60. The fourth-order valence-electron chi connectivity index (χ4n) is 1.36. The summed E-state index contributed by atoms with van der Waals surface area (Å²) in [5.74, 6) is -0.330. The van der Waals surface area contributed by atoms with E-state index in [1.165, 1.54) is 0 Å². The van der Waals surface area contributed by atoms with Gasteiger partial charge in [0.05, 0.1) is 12.1 Å². The molecule has 0 aliphatic rings. The lowest BCUT2D eigenvalue weighted by Gasteiger charge is -2.21. The molecule has 0 aliphatic heterocycles. The molecule has 5 heteroatoms. The Balaban J connectivity index is 2.87. The van der Waals surface area contributed by atoms with Gasteiger partial charge < -0.3 is 5.32 Å². The second-order valence-corrected chi connectivity index (χ2v) is 5.44. The number of hydrogen-bond acceptors (Lipinski definition) is 2. The lowest BCUT2D eigenvalue weighted by Crippen LogP contribution is -2.37. The average Bonchev–Trinajstić information content (AvgIpc) is 2.28. The molecule has 0 radical (unpaired) electrons. The zero-order valence-electron chi connectivity index (χ0n) is 10.4. The molecule has 0 heterocycles. The number of halogens is 2. The van der Waals surface area contributed by atoms with Crippen molar-refractivity contribution >= 4 is 29.1 Å². The molecule has 0 aliphatic carbocycles. The predicted octanol–water partition coefficient (Wildman–Crippen LogP) is 3.72. The van der Waals surface area contributed by atoms with Gasteiger partial charge >= 0.3 is 0 Å². The molecule has 1 aromatic carbocycles. The first-order valence-electron chi connectivity index (χ1n) is 5.45. The Kier molecular flexibility index (Phi) is 4.61. The van der Waals surface area contributed by atoms with Gasteiger partial charge in [-0.15, -0.1) is 0 Å². The lowest BCUT2D eigenvalue weighted by molar-refractivity contribution is -0.127. The molecular formula is C13H14Cl2N2O. The molecule has 0 fully saturated rings. The average molecular weight is 285 g/mol. The molecule has 18 heavy (non-hydrogen) atoms. The van der Waals surface area contributed by atoms with Crippen LogP contribution in [0.25, 0.3) is 0 Å². The van der Waals surface area contributed by atoms with Crippen LogP contribution in [0.3, 0.4) is 0 Å². The number of amides is 1. The maximum atomic E-state index is 11.9. The Hall–Kier alpha value is -1.24. The Labute approximate surface area is 117 Å². The van der Waals surface area contributed by atoms with E-state index in [1.807, 2.05) is 6.07 Å². The Morgan fingerprint density at radius 3 is 2.56 bits per heavy atom. The van der Waals surface area contributed by atoms with Crippen molar-refractivity contribution in [2.45, 2.75) is 26.8 Å². The molecule has 0 spiro atoms. The molecule has 0 saturated carbocycles. The van der Waals surface area contributed by atoms with Crippen LogP contribution in [0, 0.1) is 16.7 Å². The fourth-order valence-corrected chi connectivity index (χ4v) is 1.93. The zero-order chi connectivity index (χ0) is 13.9. The van der Waals surface area contributed by atoms with Crippen molar-refractivity contribution in [1.82, 2.24) is 5.32 Å². The van der Waals surface area contributed by atoms with Crippen LogP contribution in [0.4, 0.5) is 0 Å². The summed E-state index contributed by atoms with van der Waals surface area (Å²) in [6.07, 6.45) is 0. The SMILES string of the molecule is CC(NC(=O)C(C)(C)C#N)c1ccc(Cl)cc1Cl. The van der Waals surface area contributed by atoms with E-state index in [-0.39, 0.29) is 11.9 Å². The maximum Gasteiger partial charge on any atom is 0.240 e. The molecule has 1 unspecified atom stereocenters. The van der Waals surface area contributed by atoms with Gasteiger partial charge in [-0.1, -0.05) is 29.3 Å². The summed E-state index contributed by atoms with van der Waals surface area (Å²) in [5, 5.41) is 12.7. The van der Waals surface area contributed by atoms with E-state index in [0.29, 0.717) is 10.0 Å². The smallest absolute Gasteiger partial charge is 0.240 e. The highest BCUT2D eigenvalue weighted by atomic mass is 35.5. The maximum absolute atomic E-state index is 11.9. The van der Waals surface area contributed by atoms with Crippen molar-refractivity contribution < 1.29 is 4.79 Å². The molecule has 1 rings (SSSR count). The van der Waals surface area contributed by atoms with Gasteiger partial charge in [-0.25, -0.2) is 0 Å². The standard InChI is InChI=1S/C13H14Cl2N2O/c1-8(17-12(18)13(2,3)7-16)10-5-4-9(14)6-11(10)15/h4-6,8H,1-3H3,(H,17,18). The van der Waals surface area contributed by atoms with E-state index in [1.54, 1.807) is 39.0 Å². The van der Waals surface area contributed by atoms with Crippen molar-refractivity contribution in [3.63, 3.8) is 0 Å². The van der Waals surface area contributed by atoms with Gasteiger partial charge in [0.1, 0.15) is 5.41 Å². The lowest BCUT2D eigenvalue weighted by atomic mass is 9.94. The first-order chi connectivity index (χ1) is 8.27. The number of nitriles is 1. The molecule has 1 aromatic rings. The Morgan fingerprint density at radius 1 is 1.44 bits per heavy atom. The largest absolute Gasteiger partial charge is 0.348 e. The van der Waals surface area contributed by atoms with E-state index in [9.17, 15) is 4.79 Å². The van der Waals surface area contributed by atoms with E-state index < -0.39 is 5.41 Å². The molecule has 3 nitrogen and oxygen atoms in total. The summed E-state index contributed by atoms with van der Waals surface area (Å²) < 4.78 is 0. The number of benzene rings is 1. The molecule has 1 atom stereocenters. The summed E-state index contributed by atoms with van der Waals surface area (Å²) in [4.78, 5) is 11.9. The minimum atomic E-state index is -1.06. The molecule has 1 N–H and O–H groups in total. The zero-order valence-corrected chi connectivity index (χ0v) is 11.9. The van der Waals surface area contributed by atoms with Gasteiger partial charge in [0, 0.05) is 10.0 Å². The highest BCUT2D eigenvalue weighted by Gasteiger charge is 2.28. The summed E-state index contributed by atoms with van der Waals surface area (Å²) in [7, 11) is 0. The van der Waals surface area contributed by atoms with Crippen LogP contribution in [0.1, 0.15) is 32.4 Å². The number of carbonyl (C=O) groups excluding carboxylic acids is 1. The number of nitrogens with one attached hydrogen (secondary N) is 1. The highest BCUT2D eigenvalue weighted by molar-refractivity contribution is 6.35. The van der Waals surface area contributed by atoms with Crippen molar-refractivity contribution in [2.24, 2.45) is 5.41 Å². The van der Waals surface area contributed by atoms with Crippen LogP contribution >= 0.6 is 23.2 Å². The van der Waals surface area contributed by atoms with Gasteiger partial charge in [-0.3, -0.25) is 4.79 Å². The van der Waals surface area contributed by atoms with Crippen molar-refractivity contribution in [3.05, 3.63) is 33.8 Å². The molecule has 0 bridgehead atoms. The van der Waals surface area contributed by atoms with E-state index >= 15 is 0 Å². The van der Waals surface area contributed by atoms with Crippen LogP contribution < -0.4 is 5.32 Å². The van der Waals surface area contributed by atoms with Gasteiger partial charge in [-0.2, -0.15) is 5.26 Å². The van der Waals surface area contributed by atoms with Gasteiger partial charge in [-0.05, 0) is 38.5 Å². The van der Waals surface area contributed by atoms with Crippen LogP contribution in [0.15, 0.2) is 18.2 Å². The molecular weight excluding hydrogens is 271 g/mol. The summed E-state index contributed by atoms with van der Waals surface area (Å²) >= 11 is 11.9. The van der Waals surface area contributed by atoms with Gasteiger partial charge in [0.2, 0.25) is 5.91 Å². The minimum absolute atomic E-state index is 0.283. The van der Waals surface area contributed by atoms with E-state index in [4.69, 9.17) is 28.5 Å². The fraction of sp³-hybridized carbons (Fsp3) is 0.385. The molecule has 0 aromatic heterocycles. The van der Waals surface area contributed by atoms with E-state index in [2.05, 4.69) is 5.32 Å². The van der Waals surface area contributed by atoms with E-state index in [0.717, 1.165) is 5.56 Å². The predicted molar refractivity (Wildman–Crippen MR) is 72.4 cm³/mol. The number of rotatable bonds is 3. The topological polar surface area (TPSA) is 52.9 Å². The van der Waals surface area contributed by atoms with Crippen LogP contribution in [0.5, 0.6) is 0 Å². The monoisotopic (exact) mass is 284 g/mol. The molecule has 96 valence electrons. The summed E-state index contributed by atoms with van der Waals surface area (Å²) in [5.41, 5.74) is -0.296. The minimum Gasteiger partial charge on any atom is -0.348 e. The molecule has 0 saturated heterocycles. The number of carbonyl (C=O) groups is 1. The van der Waals surface area contributed by atoms with Gasteiger partial charge in [0.15, 0.2) is 0 Å². The third-order valence-electron chi connectivity index (χ3n) is 2.62. The summed E-state index contributed by atoms with van der Waals surface area (Å²) in [6.45, 7) is 4.94. The molecule has 1 amide bonds. The number of nitrogens with zero attached hydrogens (tertiary/aromatic N) is 1. The number of hydrogen-bond donors (Lipinski definition) is 1. The van der Waals surface area contributed by atoms with Crippen molar-refractivity contribution in [1.29, 1.82) is 5.26 Å². The first kappa shape index (κ1) is 14.8. The Bertz CT molecular complexity index is 506. The van der Waals surface area contributed by atoms with Gasteiger partial charge in [0.25, 0.3) is 0 Å². The van der Waals surface area contributed by atoms with Crippen LogP contribution in [-0.2, 0) is 4.79 Å². The van der Waals surface area contributed by atoms with Crippen molar-refractivity contribution in [2.75, 3.05) is 0 Å². The highest BCUT2D eigenvalue weighted by Crippen LogP contribution is 2.27. The van der Waals surface area contributed by atoms with Crippen LogP contribution in [-0.4, -0.2) is 5.91 Å². The summed E-state index contributed by atoms with van der Waals surface area (Å²) in [6, 6.07) is 6.76.